The maximum atomic E-state index is 9.15. The van der Waals surface area contributed by atoms with Crippen LogP contribution in [0.25, 0.3) is 0 Å². The molecule has 1 aromatic rings. The summed E-state index contributed by atoms with van der Waals surface area (Å²) in [5.41, 5.74) is 1.92. The summed E-state index contributed by atoms with van der Waals surface area (Å²) in [6.45, 7) is 1.87. The Balaban J connectivity index is 3.14. The molecular weight excluding hydrogens is 194 g/mol. The molecule has 0 spiro atoms. The molecule has 0 atom stereocenters. The maximum absolute atomic E-state index is 9.15. The molecule has 54 valence electrons. The first-order chi connectivity index (χ1) is 4.75. The van der Waals surface area contributed by atoms with Gasteiger partial charge < -0.3 is 5.11 Å². The van der Waals surface area contributed by atoms with E-state index in [1.807, 2.05) is 6.92 Å². The zero-order valence-corrected chi connectivity index (χ0v) is 7.22. The fraction of sp³-hybridized carbons (Fsp3) is 0.286. The average Bonchev–Trinajstić information content (AvgIpc) is 1.95. The quantitative estimate of drug-likeness (QED) is 0.706. The summed E-state index contributed by atoms with van der Waals surface area (Å²) in [5.74, 6) is 0.261. The van der Waals surface area contributed by atoms with Crippen molar-refractivity contribution >= 4 is 15.9 Å². The van der Waals surface area contributed by atoms with Crippen molar-refractivity contribution in [2.45, 2.75) is 12.3 Å². The Morgan fingerprint density at radius 3 is 2.80 bits per heavy atom. The lowest BCUT2D eigenvalue weighted by atomic mass is 10.2. The first kappa shape index (κ1) is 7.54. The molecule has 0 aliphatic heterocycles. The number of hydrogen-bond donors (Lipinski definition) is 1. The highest BCUT2D eigenvalue weighted by molar-refractivity contribution is 9.08. The molecule has 0 aliphatic rings. The van der Waals surface area contributed by atoms with E-state index in [1.54, 1.807) is 6.20 Å². The first-order valence-corrected chi connectivity index (χ1v) is 4.06. The van der Waals surface area contributed by atoms with Crippen molar-refractivity contribution in [3.8, 4) is 5.75 Å². The second-order valence-corrected chi connectivity index (χ2v) is 2.64. The number of alkyl halides is 1. The van der Waals surface area contributed by atoms with Gasteiger partial charge in [-0.25, -0.2) is 0 Å². The van der Waals surface area contributed by atoms with Gasteiger partial charge in [-0.15, -0.1) is 0 Å². The second kappa shape index (κ2) is 3.01. The molecule has 2 nitrogen and oxygen atoms in total. The highest BCUT2D eigenvalue weighted by Gasteiger charge is 1.99. The molecule has 0 fully saturated rings. The van der Waals surface area contributed by atoms with Gasteiger partial charge in [0, 0.05) is 11.5 Å². The second-order valence-electron chi connectivity index (χ2n) is 2.08. The van der Waals surface area contributed by atoms with Crippen molar-refractivity contribution in [3.63, 3.8) is 0 Å². The SMILES string of the molecule is Cc1c(O)cncc1CBr. The van der Waals surface area contributed by atoms with E-state index in [0.29, 0.717) is 0 Å². The van der Waals surface area contributed by atoms with Crippen molar-refractivity contribution in [2.75, 3.05) is 0 Å². The maximum Gasteiger partial charge on any atom is 0.137 e. The minimum atomic E-state index is 0.261. The zero-order chi connectivity index (χ0) is 7.56. The van der Waals surface area contributed by atoms with Crippen molar-refractivity contribution in [1.29, 1.82) is 0 Å². The van der Waals surface area contributed by atoms with Crippen LogP contribution in [0, 0.1) is 6.92 Å². The number of aromatic nitrogens is 1. The highest BCUT2D eigenvalue weighted by Crippen LogP contribution is 2.19. The Hall–Kier alpha value is -0.570. The van der Waals surface area contributed by atoms with Crippen LogP contribution in [0.3, 0.4) is 0 Å². The number of rotatable bonds is 1. The van der Waals surface area contributed by atoms with Crippen LogP contribution in [0.15, 0.2) is 12.4 Å². The van der Waals surface area contributed by atoms with E-state index in [-0.39, 0.29) is 5.75 Å². The molecule has 0 bridgehead atoms. The molecule has 1 aromatic heterocycles. The molecule has 0 amide bonds. The minimum absolute atomic E-state index is 0.261. The lowest BCUT2D eigenvalue weighted by molar-refractivity contribution is 0.467. The van der Waals surface area contributed by atoms with Gasteiger partial charge in [-0.05, 0) is 18.1 Å². The van der Waals surface area contributed by atoms with Gasteiger partial charge in [0.15, 0.2) is 0 Å². The summed E-state index contributed by atoms with van der Waals surface area (Å²) in [6.07, 6.45) is 3.19. The van der Waals surface area contributed by atoms with Crippen LogP contribution in [0.4, 0.5) is 0 Å². The Bertz CT molecular complexity index is 237. The highest BCUT2D eigenvalue weighted by atomic mass is 79.9. The monoisotopic (exact) mass is 201 g/mol. The van der Waals surface area contributed by atoms with Crippen molar-refractivity contribution in [2.24, 2.45) is 0 Å². The van der Waals surface area contributed by atoms with E-state index in [2.05, 4.69) is 20.9 Å². The largest absolute Gasteiger partial charge is 0.506 e. The van der Waals surface area contributed by atoms with Crippen molar-refractivity contribution in [3.05, 3.63) is 23.5 Å². The smallest absolute Gasteiger partial charge is 0.137 e. The van der Waals surface area contributed by atoms with Gasteiger partial charge in [0.25, 0.3) is 0 Å². The van der Waals surface area contributed by atoms with Crippen LogP contribution < -0.4 is 0 Å². The van der Waals surface area contributed by atoms with Crippen LogP contribution in [-0.4, -0.2) is 10.1 Å². The average molecular weight is 202 g/mol. The van der Waals surface area contributed by atoms with Crippen molar-refractivity contribution < 1.29 is 5.11 Å². The third kappa shape index (κ3) is 1.29. The topological polar surface area (TPSA) is 33.1 Å². The van der Waals surface area contributed by atoms with E-state index in [0.717, 1.165) is 16.5 Å². The number of hydrogen-bond acceptors (Lipinski definition) is 2. The Morgan fingerprint density at radius 1 is 1.60 bits per heavy atom. The van der Waals surface area contributed by atoms with Crippen LogP contribution in [-0.2, 0) is 5.33 Å². The van der Waals surface area contributed by atoms with Gasteiger partial charge in [-0.1, -0.05) is 15.9 Å². The van der Waals surface area contributed by atoms with Gasteiger partial charge in [-0.2, -0.15) is 0 Å². The van der Waals surface area contributed by atoms with Crippen molar-refractivity contribution in [1.82, 2.24) is 4.98 Å². The fourth-order valence-electron chi connectivity index (χ4n) is 0.691. The Morgan fingerprint density at radius 2 is 2.30 bits per heavy atom. The van der Waals surface area contributed by atoms with Gasteiger partial charge in [0.2, 0.25) is 0 Å². The number of nitrogens with zero attached hydrogens (tertiary/aromatic N) is 1. The zero-order valence-electron chi connectivity index (χ0n) is 5.63. The van der Waals surface area contributed by atoms with E-state index >= 15 is 0 Å². The van der Waals surface area contributed by atoms with E-state index in [4.69, 9.17) is 5.11 Å². The van der Waals surface area contributed by atoms with E-state index < -0.39 is 0 Å². The third-order valence-electron chi connectivity index (χ3n) is 1.44. The molecule has 0 unspecified atom stereocenters. The van der Waals surface area contributed by atoms with Crippen LogP contribution >= 0.6 is 15.9 Å². The lowest BCUT2D eigenvalue weighted by Crippen LogP contribution is -1.86. The number of pyridine rings is 1. The van der Waals surface area contributed by atoms with Gasteiger partial charge >= 0.3 is 0 Å². The van der Waals surface area contributed by atoms with Crippen LogP contribution in [0.2, 0.25) is 0 Å². The molecule has 0 aliphatic carbocycles. The van der Waals surface area contributed by atoms with E-state index in [1.165, 1.54) is 6.20 Å². The summed E-state index contributed by atoms with van der Waals surface area (Å²) >= 11 is 3.29. The lowest BCUT2D eigenvalue weighted by Gasteiger charge is -2.01. The molecule has 3 heteroatoms. The number of halogens is 1. The van der Waals surface area contributed by atoms with Gasteiger partial charge in [0.1, 0.15) is 5.75 Å². The molecule has 0 aromatic carbocycles. The van der Waals surface area contributed by atoms with Crippen LogP contribution in [0.5, 0.6) is 5.75 Å². The normalized spacial score (nSPS) is 9.80. The first-order valence-electron chi connectivity index (χ1n) is 2.94. The molecule has 0 saturated heterocycles. The molecule has 1 N–H and O–H groups in total. The van der Waals surface area contributed by atoms with Crippen LogP contribution in [0.1, 0.15) is 11.1 Å². The summed E-state index contributed by atoms with van der Waals surface area (Å²) in [5, 5.41) is 9.88. The minimum Gasteiger partial charge on any atom is -0.506 e. The van der Waals surface area contributed by atoms with E-state index in [9.17, 15) is 0 Å². The fourth-order valence-corrected chi connectivity index (χ4v) is 1.26. The standard InChI is InChI=1S/C7H8BrNO/c1-5-6(2-8)3-9-4-7(5)10/h3-4,10H,2H2,1H3. The molecule has 1 rings (SSSR count). The predicted octanol–water partition coefficient (Wildman–Crippen LogP) is 1.99. The molecule has 0 radical (unpaired) electrons. The molecular formula is C7H8BrNO. The van der Waals surface area contributed by atoms with Gasteiger partial charge in [0.05, 0.1) is 6.20 Å². The predicted molar refractivity (Wildman–Crippen MR) is 43.3 cm³/mol. The summed E-state index contributed by atoms with van der Waals surface area (Å²) in [6, 6.07) is 0. The molecule has 0 saturated carbocycles. The summed E-state index contributed by atoms with van der Waals surface area (Å²) in [7, 11) is 0. The third-order valence-corrected chi connectivity index (χ3v) is 2.04. The Labute approximate surface area is 68.0 Å². The molecule has 10 heavy (non-hydrogen) atoms. The Kier molecular flexibility index (Phi) is 2.27. The molecule has 1 heterocycles. The van der Waals surface area contributed by atoms with Gasteiger partial charge in [-0.3, -0.25) is 4.98 Å². The number of aromatic hydroxyl groups is 1. The summed E-state index contributed by atoms with van der Waals surface area (Å²) < 4.78 is 0. The summed E-state index contributed by atoms with van der Waals surface area (Å²) in [4.78, 5) is 3.84.